The molecule has 0 unspecified atom stereocenters. The molecule has 0 bridgehead atoms. The molecule has 0 saturated carbocycles. The van der Waals surface area contributed by atoms with Crippen LogP contribution in [0.3, 0.4) is 0 Å². The van der Waals surface area contributed by atoms with Crippen LogP contribution in [0.15, 0.2) is 72.9 Å². The van der Waals surface area contributed by atoms with Crippen LogP contribution in [0.2, 0.25) is 0 Å². The molecule has 28 heavy (non-hydrogen) atoms. The van der Waals surface area contributed by atoms with Gasteiger partial charge in [0, 0.05) is 30.7 Å². The maximum Gasteiger partial charge on any atom is 0.276 e. The van der Waals surface area contributed by atoms with Crippen molar-refractivity contribution in [3.63, 3.8) is 0 Å². The van der Waals surface area contributed by atoms with Crippen LogP contribution in [0.25, 0.3) is 0 Å². The predicted octanol–water partition coefficient (Wildman–Crippen LogP) is 4.41. The van der Waals surface area contributed by atoms with E-state index < -0.39 is 0 Å². The Morgan fingerprint density at radius 3 is 2.57 bits per heavy atom. The number of para-hydroxylation sites is 2. The zero-order valence-electron chi connectivity index (χ0n) is 16.3. The highest BCUT2D eigenvalue weighted by atomic mass is 16.5. The fourth-order valence-electron chi connectivity index (χ4n) is 3.10. The highest BCUT2D eigenvalue weighted by Crippen LogP contribution is 2.19. The number of hydrogen-bond donors (Lipinski definition) is 1. The third-order valence-corrected chi connectivity index (χ3v) is 4.52. The van der Waals surface area contributed by atoms with Gasteiger partial charge in [0.15, 0.2) is 0 Å². The van der Waals surface area contributed by atoms with E-state index in [0.717, 1.165) is 35.7 Å². The second-order valence-electron chi connectivity index (χ2n) is 6.30. The van der Waals surface area contributed by atoms with Gasteiger partial charge < -0.3 is 15.0 Å². The van der Waals surface area contributed by atoms with Crippen molar-refractivity contribution in [3.8, 4) is 5.75 Å². The number of nitrogens with zero attached hydrogens (tertiary/aromatic N) is 2. The number of rotatable bonds is 8. The average Bonchev–Trinajstić information content (AvgIpc) is 2.75. The lowest BCUT2D eigenvalue weighted by Gasteiger charge is -2.20. The Morgan fingerprint density at radius 1 is 1.07 bits per heavy atom. The number of benzene rings is 2. The van der Waals surface area contributed by atoms with Crippen molar-refractivity contribution in [3.05, 3.63) is 84.2 Å². The van der Waals surface area contributed by atoms with Gasteiger partial charge in [0.25, 0.3) is 5.91 Å². The number of aromatic nitrogens is 1. The van der Waals surface area contributed by atoms with Crippen LogP contribution >= 0.6 is 0 Å². The first-order valence-electron chi connectivity index (χ1n) is 9.41. The van der Waals surface area contributed by atoms with Crippen LogP contribution in [-0.4, -0.2) is 31.1 Å². The molecule has 0 aliphatic rings. The summed E-state index contributed by atoms with van der Waals surface area (Å²) in [5.41, 5.74) is 3.31. The highest BCUT2D eigenvalue weighted by molar-refractivity contribution is 6.05. The maximum absolute atomic E-state index is 12.9. The molecule has 144 valence electrons. The minimum Gasteiger partial charge on any atom is -0.496 e. The van der Waals surface area contributed by atoms with Crippen molar-refractivity contribution in [2.45, 2.75) is 13.3 Å². The summed E-state index contributed by atoms with van der Waals surface area (Å²) in [6, 6.07) is 21.3. The molecule has 5 heteroatoms. The van der Waals surface area contributed by atoms with Crippen LogP contribution in [0.5, 0.6) is 5.75 Å². The standard InChI is InChI=1S/C23H25N3O2/c1-3-26(20-10-5-4-6-11-20)23(27)21-17-19(14-16-25-21)24-15-13-18-9-7-8-12-22(18)28-2/h4-12,14,16-17H,3,13,15H2,1-2H3,(H,24,25). The zero-order valence-corrected chi connectivity index (χ0v) is 16.3. The second kappa shape index (κ2) is 9.55. The summed E-state index contributed by atoms with van der Waals surface area (Å²) in [5, 5.41) is 3.37. The van der Waals surface area contributed by atoms with E-state index in [2.05, 4.69) is 16.4 Å². The number of ether oxygens (including phenoxy) is 1. The minimum atomic E-state index is -0.109. The number of pyridine rings is 1. The number of anilines is 2. The van der Waals surface area contributed by atoms with Crippen molar-refractivity contribution in [2.75, 3.05) is 30.4 Å². The van der Waals surface area contributed by atoms with E-state index in [0.29, 0.717) is 12.2 Å². The smallest absolute Gasteiger partial charge is 0.276 e. The third kappa shape index (κ3) is 4.68. The van der Waals surface area contributed by atoms with Gasteiger partial charge in [-0.1, -0.05) is 36.4 Å². The molecule has 0 radical (unpaired) electrons. The van der Waals surface area contributed by atoms with Gasteiger partial charge in [-0.2, -0.15) is 0 Å². The number of amides is 1. The Kier molecular flexibility index (Phi) is 6.63. The van der Waals surface area contributed by atoms with Crippen LogP contribution in [0, 0.1) is 0 Å². The normalized spacial score (nSPS) is 10.4. The lowest BCUT2D eigenvalue weighted by Crippen LogP contribution is -2.31. The minimum absolute atomic E-state index is 0.109. The molecule has 0 spiro atoms. The second-order valence-corrected chi connectivity index (χ2v) is 6.30. The predicted molar refractivity (Wildman–Crippen MR) is 113 cm³/mol. The molecule has 0 atom stereocenters. The largest absolute Gasteiger partial charge is 0.496 e. The third-order valence-electron chi connectivity index (χ3n) is 4.52. The molecule has 3 rings (SSSR count). The highest BCUT2D eigenvalue weighted by Gasteiger charge is 2.17. The number of hydrogen-bond acceptors (Lipinski definition) is 4. The first kappa shape index (κ1) is 19.4. The molecule has 0 aliphatic heterocycles. The molecule has 0 aliphatic carbocycles. The molecule has 1 aromatic heterocycles. The number of carbonyl (C=O) groups is 1. The van der Waals surface area contributed by atoms with Gasteiger partial charge in [-0.15, -0.1) is 0 Å². The van der Waals surface area contributed by atoms with Crippen LogP contribution in [0.1, 0.15) is 23.0 Å². The van der Waals surface area contributed by atoms with Crippen molar-refractivity contribution < 1.29 is 9.53 Å². The summed E-state index contributed by atoms with van der Waals surface area (Å²) < 4.78 is 5.39. The van der Waals surface area contributed by atoms with E-state index in [1.807, 2.05) is 61.5 Å². The summed E-state index contributed by atoms with van der Waals surface area (Å²) in [6.07, 6.45) is 2.48. The van der Waals surface area contributed by atoms with Crippen molar-refractivity contribution in [1.29, 1.82) is 0 Å². The number of nitrogens with one attached hydrogen (secondary N) is 1. The van der Waals surface area contributed by atoms with Gasteiger partial charge in [0.05, 0.1) is 7.11 Å². The van der Waals surface area contributed by atoms with Crippen molar-refractivity contribution in [2.24, 2.45) is 0 Å². The van der Waals surface area contributed by atoms with Gasteiger partial charge in [-0.05, 0) is 49.2 Å². The van der Waals surface area contributed by atoms with Gasteiger partial charge in [0.1, 0.15) is 11.4 Å². The van der Waals surface area contributed by atoms with E-state index >= 15 is 0 Å². The molecule has 0 saturated heterocycles. The van der Waals surface area contributed by atoms with Crippen LogP contribution in [-0.2, 0) is 6.42 Å². The van der Waals surface area contributed by atoms with E-state index in [1.54, 1.807) is 24.3 Å². The van der Waals surface area contributed by atoms with E-state index in [-0.39, 0.29) is 5.91 Å². The number of methoxy groups -OCH3 is 1. The fourth-order valence-corrected chi connectivity index (χ4v) is 3.10. The zero-order chi connectivity index (χ0) is 19.8. The van der Waals surface area contributed by atoms with Gasteiger partial charge in [0.2, 0.25) is 0 Å². The SMILES string of the molecule is CCN(C(=O)c1cc(NCCc2ccccc2OC)ccn1)c1ccccc1. The molecule has 1 amide bonds. The Balaban J connectivity index is 1.67. The monoisotopic (exact) mass is 375 g/mol. The topological polar surface area (TPSA) is 54.5 Å². The first-order valence-corrected chi connectivity index (χ1v) is 9.41. The van der Waals surface area contributed by atoms with Gasteiger partial charge in [-0.3, -0.25) is 9.78 Å². The fraction of sp³-hybridized carbons (Fsp3) is 0.217. The lowest BCUT2D eigenvalue weighted by atomic mass is 10.1. The van der Waals surface area contributed by atoms with Crippen LogP contribution < -0.4 is 15.0 Å². The quantitative estimate of drug-likeness (QED) is 0.634. The molecule has 5 nitrogen and oxygen atoms in total. The van der Waals surface area contributed by atoms with E-state index in [4.69, 9.17) is 4.74 Å². The summed E-state index contributed by atoms with van der Waals surface area (Å²) in [7, 11) is 1.68. The molecular weight excluding hydrogens is 350 g/mol. The average molecular weight is 375 g/mol. The molecule has 1 N–H and O–H groups in total. The Morgan fingerprint density at radius 2 is 1.82 bits per heavy atom. The lowest BCUT2D eigenvalue weighted by molar-refractivity contribution is 0.0983. The summed E-state index contributed by atoms with van der Waals surface area (Å²) in [6.45, 7) is 3.27. The molecular formula is C23H25N3O2. The Bertz CT molecular complexity index is 912. The van der Waals surface area contributed by atoms with Gasteiger partial charge in [-0.25, -0.2) is 0 Å². The summed E-state index contributed by atoms with van der Waals surface area (Å²) >= 11 is 0. The van der Waals surface area contributed by atoms with Crippen molar-refractivity contribution in [1.82, 2.24) is 4.98 Å². The Labute approximate surface area is 166 Å². The van der Waals surface area contributed by atoms with Crippen molar-refractivity contribution >= 4 is 17.3 Å². The molecule has 3 aromatic rings. The first-order chi connectivity index (χ1) is 13.7. The van der Waals surface area contributed by atoms with E-state index in [1.165, 1.54) is 0 Å². The van der Waals surface area contributed by atoms with Gasteiger partial charge >= 0.3 is 0 Å². The molecule has 1 heterocycles. The summed E-state index contributed by atoms with van der Waals surface area (Å²) in [4.78, 5) is 18.9. The van der Waals surface area contributed by atoms with Crippen LogP contribution in [0.4, 0.5) is 11.4 Å². The van der Waals surface area contributed by atoms with E-state index in [9.17, 15) is 4.79 Å². The maximum atomic E-state index is 12.9. The number of carbonyl (C=O) groups excluding carboxylic acids is 1. The summed E-state index contributed by atoms with van der Waals surface area (Å²) in [5.74, 6) is 0.776. The molecule has 2 aromatic carbocycles. The Hall–Kier alpha value is -3.34. The molecule has 0 fully saturated rings.